The van der Waals surface area contributed by atoms with E-state index in [0.717, 1.165) is 44.9 Å². The molecule has 4 heteroatoms. The molecule has 0 amide bonds. The van der Waals surface area contributed by atoms with Gasteiger partial charge >= 0.3 is 0 Å². The highest BCUT2D eigenvalue weighted by molar-refractivity contribution is 5.17. The molecule has 0 aliphatic carbocycles. The van der Waals surface area contributed by atoms with Crippen molar-refractivity contribution in [2.45, 2.75) is 25.8 Å². The number of piperidine rings is 1. The molecule has 0 bridgehead atoms. The predicted octanol–water partition coefficient (Wildman–Crippen LogP) is 3.09. The van der Waals surface area contributed by atoms with E-state index in [4.69, 9.17) is 9.47 Å². The largest absolute Gasteiger partial charge is 0.384 e. The van der Waals surface area contributed by atoms with Crippen molar-refractivity contribution in [1.82, 2.24) is 4.90 Å². The number of halogens is 1. The van der Waals surface area contributed by atoms with Crippen molar-refractivity contribution in [3.63, 3.8) is 0 Å². The maximum absolute atomic E-state index is 13.8. The first-order valence-electron chi connectivity index (χ1n) is 8.26. The van der Waals surface area contributed by atoms with Crippen LogP contribution in [0.4, 0.5) is 4.39 Å². The predicted molar refractivity (Wildman–Crippen MR) is 84.1 cm³/mol. The molecule has 1 aromatic rings. The van der Waals surface area contributed by atoms with Crippen molar-refractivity contribution >= 4 is 0 Å². The van der Waals surface area contributed by atoms with E-state index in [1.165, 1.54) is 12.8 Å². The van der Waals surface area contributed by atoms with Crippen LogP contribution in [0.15, 0.2) is 24.3 Å². The van der Waals surface area contributed by atoms with Gasteiger partial charge in [0.1, 0.15) is 5.82 Å². The molecule has 3 rings (SSSR count). The maximum atomic E-state index is 13.8. The van der Waals surface area contributed by atoms with E-state index in [0.29, 0.717) is 17.9 Å². The molecule has 1 spiro atoms. The number of rotatable bonds is 4. The highest BCUT2D eigenvalue weighted by atomic mass is 19.1. The number of benzene rings is 1. The van der Waals surface area contributed by atoms with Crippen molar-refractivity contribution in [2.24, 2.45) is 11.3 Å². The molecule has 3 nitrogen and oxygen atoms in total. The lowest BCUT2D eigenvalue weighted by Crippen LogP contribution is -2.49. The van der Waals surface area contributed by atoms with E-state index in [1.54, 1.807) is 19.2 Å². The molecule has 1 atom stereocenters. The third-order valence-electron chi connectivity index (χ3n) is 5.50. The smallest absolute Gasteiger partial charge is 0.127 e. The number of ether oxygens (including phenoxy) is 2. The quantitative estimate of drug-likeness (QED) is 0.853. The first-order valence-corrected chi connectivity index (χ1v) is 8.26. The van der Waals surface area contributed by atoms with Gasteiger partial charge in [0.2, 0.25) is 0 Å². The van der Waals surface area contributed by atoms with Gasteiger partial charge in [-0.25, -0.2) is 4.39 Å². The Morgan fingerprint density at radius 3 is 2.77 bits per heavy atom. The second kappa shape index (κ2) is 7.07. The van der Waals surface area contributed by atoms with Gasteiger partial charge in [-0.1, -0.05) is 18.2 Å². The Morgan fingerprint density at radius 2 is 2.05 bits per heavy atom. The summed E-state index contributed by atoms with van der Waals surface area (Å²) in [7, 11) is 1.77. The molecule has 2 aliphatic rings. The van der Waals surface area contributed by atoms with Gasteiger partial charge in [-0.2, -0.15) is 0 Å². The van der Waals surface area contributed by atoms with Crippen LogP contribution in [0.5, 0.6) is 0 Å². The van der Waals surface area contributed by atoms with Crippen LogP contribution in [0, 0.1) is 17.2 Å². The summed E-state index contributed by atoms with van der Waals surface area (Å²) in [5.74, 6) is 0.410. The minimum atomic E-state index is -0.0916. The van der Waals surface area contributed by atoms with Crippen LogP contribution in [-0.2, 0) is 16.0 Å². The molecule has 22 heavy (non-hydrogen) atoms. The Hall–Kier alpha value is -0.970. The number of nitrogens with zero attached hydrogens (tertiary/aromatic N) is 1. The summed E-state index contributed by atoms with van der Waals surface area (Å²) in [6, 6.07) is 7.11. The van der Waals surface area contributed by atoms with Gasteiger partial charge in [0.25, 0.3) is 0 Å². The van der Waals surface area contributed by atoms with Crippen molar-refractivity contribution in [1.29, 1.82) is 0 Å². The zero-order valence-corrected chi connectivity index (χ0v) is 13.4. The second-order valence-corrected chi connectivity index (χ2v) is 6.71. The molecule has 1 aromatic carbocycles. The Balaban J connectivity index is 1.60. The highest BCUT2D eigenvalue weighted by Crippen LogP contribution is 2.44. The number of hydrogen-bond donors (Lipinski definition) is 0. The molecule has 122 valence electrons. The van der Waals surface area contributed by atoms with Gasteiger partial charge in [0.15, 0.2) is 0 Å². The fourth-order valence-electron chi connectivity index (χ4n) is 3.99. The van der Waals surface area contributed by atoms with Crippen LogP contribution in [0.1, 0.15) is 24.8 Å². The zero-order valence-electron chi connectivity index (χ0n) is 13.4. The van der Waals surface area contributed by atoms with E-state index >= 15 is 0 Å². The summed E-state index contributed by atoms with van der Waals surface area (Å²) < 4.78 is 24.9. The Bertz CT molecular complexity index is 484. The Labute approximate surface area is 132 Å². The highest BCUT2D eigenvalue weighted by Gasteiger charge is 2.43. The van der Waals surface area contributed by atoms with Crippen LogP contribution in [-0.4, -0.2) is 44.9 Å². The lowest BCUT2D eigenvalue weighted by atomic mass is 9.66. The molecule has 2 saturated heterocycles. The van der Waals surface area contributed by atoms with E-state index in [9.17, 15) is 4.39 Å². The number of methoxy groups -OCH3 is 1. The van der Waals surface area contributed by atoms with Crippen molar-refractivity contribution in [3.05, 3.63) is 35.6 Å². The first kappa shape index (κ1) is 15.9. The first-order chi connectivity index (χ1) is 10.7. The van der Waals surface area contributed by atoms with Crippen molar-refractivity contribution < 1.29 is 13.9 Å². The number of hydrogen-bond acceptors (Lipinski definition) is 3. The summed E-state index contributed by atoms with van der Waals surface area (Å²) in [4.78, 5) is 2.38. The molecule has 0 aromatic heterocycles. The SMILES string of the molecule is COC[C@H]1COCCC12CCN(Cc1ccccc1F)CC2. The number of likely N-dealkylation sites (tertiary alicyclic amines) is 1. The van der Waals surface area contributed by atoms with Gasteiger partial charge in [-0.15, -0.1) is 0 Å². The van der Waals surface area contributed by atoms with Gasteiger partial charge in [-0.05, 0) is 43.8 Å². The molecule has 2 fully saturated rings. The zero-order chi connectivity index (χ0) is 15.4. The average molecular weight is 307 g/mol. The molecule has 0 radical (unpaired) electrons. The van der Waals surface area contributed by atoms with Crippen molar-refractivity contribution in [2.75, 3.05) is 40.0 Å². The molecule has 2 aliphatic heterocycles. The van der Waals surface area contributed by atoms with E-state index < -0.39 is 0 Å². The van der Waals surface area contributed by atoms with Crippen LogP contribution >= 0.6 is 0 Å². The van der Waals surface area contributed by atoms with Crippen LogP contribution in [0.2, 0.25) is 0 Å². The molecule has 2 heterocycles. The summed E-state index contributed by atoms with van der Waals surface area (Å²) in [5, 5.41) is 0. The standard InChI is InChI=1S/C18H26FNO2/c1-21-13-16-14-22-11-8-18(16)6-9-20(10-7-18)12-15-4-2-3-5-17(15)19/h2-5,16H,6-14H2,1H3/t16-/m0/s1. The monoisotopic (exact) mass is 307 g/mol. The minimum Gasteiger partial charge on any atom is -0.384 e. The third kappa shape index (κ3) is 3.34. The second-order valence-electron chi connectivity index (χ2n) is 6.71. The van der Waals surface area contributed by atoms with E-state index in [2.05, 4.69) is 4.90 Å². The maximum Gasteiger partial charge on any atom is 0.127 e. The normalized spacial score (nSPS) is 25.5. The molecule has 0 unspecified atom stereocenters. The fraction of sp³-hybridized carbons (Fsp3) is 0.667. The van der Waals surface area contributed by atoms with Gasteiger partial charge < -0.3 is 9.47 Å². The summed E-state index contributed by atoms with van der Waals surface area (Å²) in [5.41, 5.74) is 1.17. The third-order valence-corrected chi connectivity index (χ3v) is 5.50. The van der Waals surface area contributed by atoms with Crippen LogP contribution in [0.3, 0.4) is 0 Å². The lowest BCUT2D eigenvalue weighted by Gasteiger charge is -2.49. The van der Waals surface area contributed by atoms with Crippen LogP contribution < -0.4 is 0 Å². The average Bonchev–Trinajstić information content (AvgIpc) is 2.54. The lowest BCUT2D eigenvalue weighted by molar-refractivity contribution is -0.0951. The van der Waals surface area contributed by atoms with Gasteiger partial charge in [-0.3, -0.25) is 4.90 Å². The topological polar surface area (TPSA) is 21.7 Å². The molecule has 0 saturated carbocycles. The minimum absolute atomic E-state index is 0.0916. The summed E-state index contributed by atoms with van der Waals surface area (Å²) >= 11 is 0. The summed E-state index contributed by atoms with van der Waals surface area (Å²) in [6.45, 7) is 5.26. The van der Waals surface area contributed by atoms with E-state index in [1.807, 2.05) is 12.1 Å². The fourth-order valence-corrected chi connectivity index (χ4v) is 3.99. The molecular weight excluding hydrogens is 281 g/mol. The van der Waals surface area contributed by atoms with Crippen molar-refractivity contribution in [3.8, 4) is 0 Å². The Kier molecular flexibility index (Phi) is 5.11. The Morgan fingerprint density at radius 1 is 1.27 bits per heavy atom. The van der Waals surface area contributed by atoms with Crippen LogP contribution in [0.25, 0.3) is 0 Å². The van der Waals surface area contributed by atoms with E-state index in [-0.39, 0.29) is 5.82 Å². The molecule has 0 N–H and O–H groups in total. The van der Waals surface area contributed by atoms with Gasteiger partial charge in [0.05, 0.1) is 13.2 Å². The van der Waals surface area contributed by atoms with Gasteiger partial charge in [0, 0.05) is 31.7 Å². The molecular formula is C18H26FNO2. The summed E-state index contributed by atoms with van der Waals surface area (Å²) in [6.07, 6.45) is 3.46.